The van der Waals surface area contributed by atoms with Crippen LogP contribution in [0.3, 0.4) is 0 Å². The van der Waals surface area contributed by atoms with Gasteiger partial charge in [-0.25, -0.2) is 8.42 Å². The van der Waals surface area contributed by atoms with Crippen molar-refractivity contribution >= 4 is 42.7 Å². The molecular formula is C14H12BrN3O2S. The van der Waals surface area contributed by atoms with Crippen molar-refractivity contribution in [1.82, 2.24) is 10.2 Å². The number of nitrogens with zero attached hydrogens (tertiary/aromatic N) is 1. The summed E-state index contributed by atoms with van der Waals surface area (Å²) in [6.07, 6.45) is 0. The first-order valence-electron chi connectivity index (χ1n) is 6.21. The Bertz CT molecular complexity index is 876. The smallest absolute Gasteiger partial charge is 0.238 e. The number of H-pyrrole nitrogens is 1. The highest BCUT2D eigenvalue weighted by atomic mass is 79.9. The molecule has 0 bridgehead atoms. The van der Waals surface area contributed by atoms with E-state index in [9.17, 15) is 8.42 Å². The van der Waals surface area contributed by atoms with Crippen molar-refractivity contribution in [3.05, 3.63) is 58.6 Å². The second kappa shape index (κ2) is 5.50. The van der Waals surface area contributed by atoms with E-state index in [1.165, 1.54) is 0 Å². The molecule has 0 aliphatic carbocycles. The van der Waals surface area contributed by atoms with E-state index in [0.717, 1.165) is 20.9 Å². The minimum absolute atomic E-state index is 0.0846. The molecule has 5 nitrogen and oxygen atoms in total. The Morgan fingerprint density at radius 1 is 1.14 bits per heavy atom. The van der Waals surface area contributed by atoms with Crippen molar-refractivity contribution in [2.24, 2.45) is 0 Å². The largest absolute Gasteiger partial charge is 0.276 e. The maximum absolute atomic E-state index is 12.2. The fourth-order valence-corrected chi connectivity index (χ4v) is 3.56. The standard InChI is InChI=1S/C14H12BrN3O2S/c15-11-6-7-12-13(8-11)16-17-14(12)18-21(19,20)9-10-4-2-1-3-5-10/h1-8H,9H2,(H2,16,17,18). The van der Waals surface area contributed by atoms with Gasteiger partial charge in [0.15, 0.2) is 5.82 Å². The van der Waals surface area contributed by atoms with Crippen molar-refractivity contribution in [3.8, 4) is 0 Å². The van der Waals surface area contributed by atoms with Gasteiger partial charge in [0.25, 0.3) is 0 Å². The molecule has 0 unspecified atom stereocenters. The maximum Gasteiger partial charge on any atom is 0.238 e. The second-order valence-electron chi connectivity index (χ2n) is 4.61. The Labute approximate surface area is 130 Å². The molecule has 1 heterocycles. The third kappa shape index (κ3) is 3.25. The number of aromatic amines is 1. The monoisotopic (exact) mass is 365 g/mol. The zero-order valence-corrected chi connectivity index (χ0v) is 13.3. The van der Waals surface area contributed by atoms with Crippen molar-refractivity contribution in [1.29, 1.82) is 0 Å². The normalized spacial score (nSPS) is 11.7. The van der Waals surface area contributed by atoms with E-state index in [-0.39, 0.29) is 5.75 Å². The van der Waals surface area contributed by atoms with E-state index in [1.807, 2.05) is 36.4 Å². The molecule has 3 rings (SSSR count). The van der Waals surface area contributed by atoms with Gasteiger partial charge >= 0.3 is 0 Å². The predicted octanol–water partition coefficient (Wildman–Crippen LogP) is 3.27. The van der Waals surface area contributed by atoms with Gasteiger partial charge in [-0.2, -0.15) is 5.10 Å². The first kappa shape index (κ1) is 14.1. The summed E-state index contributed by atoms with van der Waals surface area (Å²) in [7, 11) is -3.50. The molecular weight excluding hydrogens is 354 g/mol. The zero-order valence-electron chi connectivity index (χ0n) is 10.9. The quantitative estimate of drug-likeness (QED) is 0.744. The molecule has 0 saturated carbocycles. The number of anilines is 1. The summed E-state index contributed by atoms with van der Waals surface area (Å²) in [5.74, 6) is 0.229. The minimum Gasteiger partial charge on any atom is -0.276 e. The molecule has 0 amide bonds. The van der Waals surface area contributed by atoms with Crippen molar-refractivity contribution in [2.75, 3.05) is 4.72 Å². The van der Waals surface area contributed by atoms with Gasteiger partial charge in [0, 0.05) is 9.86 Å². The Kier molecular flexibility index (Phi) is 3.69. The molecule has 0 aliphatic heterocycles. The van der Waals surface area contributed by atoms with E-state index in [2.05, 4.69) is 30.8 Å². The summed E-state index contributed by atoms with van der Waals surface area (Å²) in [5.41, 5.74) is 1.49. The number of nitrogens with one attached hydrogen (secondary N) is 2. The summed E-state index contributed by atoms with van der Waals surface area (Å²) < 4.78 is 27.8. The fourth-order valence-electron chi connectivity index (χ4n) is 2.05. The highest BCUT2D eigenvalue weighted by molar-refractivity contribution is 9.10. The first-order chi connectivity index (χ1) is 10.0. The topological polar surface area (TPSA) is 74.8 Å². The maximum atomic E-state index is 12.2. The summed E-state index contributed by atoms with van der Waals surface area (Å²) in [6.45, 7) is 0. The van der Waals surface area contributed by atoms with Gasteiger partial charge in [0.05, 0.1) is 11.3 Å². The number of halogens is 1. The van der Waals surface area contributed by atoms with Crippen LogP contribution < -0.4 is 4.72 Å². The summed E-state index contributed by atoms with van der Waals surface area (Å²) in [4.78, 5) is 0. The lowest BCUT2D eigenvalue weighted by Crippen LogP contribution is -2.15. The Morgan fingerprint density at radius 2 is 1.90 bits per heavy atom. The SMILES string of the molecule is O=S(=O)(Cc1ccccc1)Nc1n[nH]c2cc(Br)ccc12. The van der Waals surface area contributed by atoms with Crippen LogP contribution in [0.5, 0.6) is 0 Å². The molecule has 0 fully saturated rings. The molecule has 2 N–H and O–H groups in total. The average molecular weight is 366 g/mol. The third-order valence-corrected chi connectivity index (χ3v) is 4.69. The van der Waals surface area contributed by atoms with Crippen LogP contribution in [0.15, 0.2) is 53.0 Å². The van der Waals surface area contributed by atoms with E-state index in [1.54, 1.807) is 12.1 Å². The van der Waals surface area contributed by atoms with E-state index >= 15 is 0 Å². The molecule has 0 atom stereocenters. The first-order valence-corrected chi connectivity index (χ1v) is 8.66. The van der Waals surface area contributed by atoms with Crippen LogP contribution in [0.1, 0.15) is 5.56 Å². The number of rotatable bonds is 4. The number of hydrogen-bond donors (Lipinski definition) is 2. The highest BCUT2D eigenvalue weighted by Gasteiger charge is 2.15. The number of hydrogen-bond acceptors (Lipinski definition) is 3. The number of aromatic nitrogens is 2. The van der Waals surface area contributed by atoms with Crippen LogP contribution in [-0.2, 0) is 15.8 Å². The van der Waals surface area contributed by atoms with Crippen LogP contribution in [0.4, 0.5) is 5.82 Å². The van der Waals surface area contributed by atoms with Crippen LogP contribution in [0.25, 0.3) is 10.9 Å². The Hall–Kier alpha value is -1.86. The lowest BCUT2D eigenvalue weighted by atomic mass is 10.2. The second-order valence-corrected chi connectivity index (χ2v) is 7.25. The van der Waals surface area contributed by atoms with Gasteiger partial charge in [-0.15, -0.1) is 0 Å². The molecule has 0 saturated heterocycles. The van der Waals surface area contributed by atoms with Gasteiger partial charge in [0.1, 0.15) is 0 Å². The van der Waals surface area contributed by atoms with Gasteiger partial charge in [-0.3, -0.25) is 9.82 Å². The van der Waals surface area contributed by atoms with Crippen LogP contribution in [0.2, 0.25) is 0 Å². The van der Waals surface area contributed by atoms with Crippen LogP contribution in [-0.4, -0.2) is 18.6 Å². The Balaban J connectivity index is 1.87. The molecule has 3 aromatic rings. The average Bonchev–Trinajstić information content (AvgIpc) is 2.81. The molecule has 0 radical (unpaired) electrons. The molecule has 7 heteroatoms. The van der Waals surface area contributed by atoms with Crippen LogP contribution in [0, 0.1) is 0 Å². The predicted molar refractivity (Wildman–Crippen MR) is 86.5 cm³/mol. The number of fused-ring (bicyclic) bond motifs is 1. The zero-order chi connectivity index (χ0) is 14.9. The van der Waals surface area contributed by atoms with Gasteiger partial charge in [-0.1, -0.05) is 46.3 Å². The third-order valence-electron chi connectivity index (χ3n) is 2.98. The minimum atomic E-state index is -3.50. The number of sulfonamides is 1. The lowest BCUT2D eigenvalue weighted by molar-refractivity contribution is 0.600. The molecule has 108 valence electrons. The van der Waals surface area contributed by atoms with Gasteiger partial charge in [-0.05, 0) is 23.8 Å². The van der Waals surface area contributed by atoms with E-state index in [4.69, 9.17) is 0 Å². The molecule has 0 aliphatic rings. The van der Waals surface area contributed by atoms with Crippen molar-refractivity contribution in [3.63, 3.8) is 0 Å². The summed E-state index contributed by atoms with van der Waals surface area (Å²) in [6, 6.07) is 14.5. The van der Waals surface area contributed by atoms with Crippen LogP contribution >= 0.6 is 15.9 Å². The molecule has 21 heavy (non-hydrogen) atoms. The highest BCUT2D eigenvalue weighted by Crippen LogP contribution is 2.24. The lowest BCUT2D eigenvalue weighted by Gasteiger charge is -2.06. The van der Waals surface area contributed by atoms with E-state index in [0.29, 0.717) is 5.82 Å². The molecule has 0 spiro atoms. The van der Waals surface area contributed by atoms with Crippen molar-refractivity contribution < 1.29 is 8.42 Å². The summed E-state index contributed by atoms with van der Waals surface area (Å²) >= 11 is 3.36. The van der Waals surface area contributed by atoms with E-state index < -0.39 is 10.0 Å². The van der Waals surface area contributed by atoms with Crippen molar-refractivity contribution in [2.45, 2.75) is 5.75 Å². The number of benzene rings is 2. The summed E-state index contributed by atoms with van der Waals surface area (Å²) in [5, 5.41) is 7.57. The molecule has 2 aromatic carbocycles. The van der Waals surface area contributed by atoms with Gasteiger partial charge < -0.3 is 0 Å². The molecule has 1 aromatic heterocycles. The van der Waals surface area contributed by atoms with Gasteiger partial charge in [0.2, 0.25) is 10.0 Å². The fraction of sp³-hybridized carbons (Fsp3) is 0.0714. The Morgan fingerprint density at radius 3 is 2.67 bits per heavy atom.